The zero-order valence-corrected chi connectivity index (χ0v) is 12.8. The fraction of sp³-hybridized carbons (Fsp3) is 0.294. The van der Waals surface area contributed by atoms with E-state index in [4.69, 9.17) is 4.74 Å². The van der Waals surface area contributed by atoms with E-state index < -0.39 is 0 Å². The highest BCUT2D eigenvalue weighted by Gasteiger charge is 2.03. The van der Waals surface area contributed by atoms with E-state index in [0.29, 0.717) is 18.6 Å². The second-order valence-corrected chi connectivity index (χ2v) is 5.67. The number of benzene rings is 2. The molecule has 0 aliphatic heterocycles. The van der Waals surface area contributed by atoms with Crippen molar-refractivity contribution in [3.8, 4) is 0 Å². The highest BCUT2D eigenvalue weighted by atomic mass is 32.2. The minimum Gasteiger partial charge on any atom is -0.366 e. The van der Waals surface area contributed by atoms with Crippen LogP contribution in [-0.4, -0.2) is 13.0 Å². The van der Waals surface area contributed by atoms with Crippen LogP contribution in [-0.2, 0) is 11.3 Å². The number of nitrogens with one attached hydrogen (secondary N) is 1. The van der Waals surface area contributed by atoms with Gasteiger partial charge in [0.15, 0.2) is 0 Å². The average molecular weight is 287 g/mol. The quantitative estimate of drug-likeness (QED) is 0.468. The van der Waals surface area contributed by atoms with Gasteiger partial charge in [-0.3, -0.25) is 0 Å². The molecule has 0 bridgehead atoms. The summed E-state index contributed by atoms with van der Waals surface area (Å²) in [4.78, 5) is 1.25. The van der Waals surface area contributed by atoms with E-state index in [9.17, 15) is 0 Å². The predicted octanol–water partition coefficient (Wildman–Crippen LogP) is 4.23. The molecule has 3 heteroatoms. The molecule has 0 amide bonds. The topological polar surface area (TPSA) is 21.3 Å². The molecule has 0 heterocycles. The number of ether oxygens (including phenoxy) is 1. The van der Waals surface area contributed by atoms with Crippen LogP contribution in [0.5, 0.6) is 0 Å². The van der Waals surface area contributed by atoms with Crippen LogP contribution in [0.3, 0.4) is 0 Å². The van der Waals surface area contributed by atoms with E-state index in [1.165, 1.54) is 16.0 Å². The fourth-order valence-electron chi connectivity index (χ4n) is 1.88. The monoisotopic (exact) mass is 287 g/mol. The maximum atomic E-state index is 5.70. The third kappa shape index (κ3) is 4.67. The van der Waals surface area contributed by atoms with Crippen molar-refractivity contribution in [2.24, 2.45) is 0 Å². The molecule has 0 spiro atoms. The van der Waals surface area contributed by atoms with E-state index in [1.54, 1.807) is 11.8 Å². The molecule has 0 radical (unpaired) electrons. The van der Waals surface area contributed by atoms with E-state index in [2.05, 4.69) is 48.6 Å². The highest BCUT2D eigenvalue weighted by molar-refractivity contribution is 7.99. The van der Waals surface area contributed by atoms with Crippen molar-refractivity contribution in [3.05, 3.63) is 65.7 Å². The predicted molar refractivity (Wildman–Crippen MR) is 85.9 cm³/mol. The molecule has 1 atom stereocenters. The molecular formula is C17H21NOS. The Bertz CT molecular complexity index is 515. The molecule has 0 fully saturated rings. The number of hydrogen-bond acceptors (Lipinski definition) is 3. The Hall–Kier alpha value is -1.29. The van der Waals surface area contributed by atoms with E-state index in [0.717, 1.165) is 0 Å². The summed E-state index contributed by atoms with van der Waals surface area (Å²) in [5, 5.41) is 3.26. The van der Waals surface area contributed by atoms with Crippen molar-refractivity contribution >= 4 is 11.8 Å². The summed E-state index contributed by atoms with van der Waals surface area (Å²) in [7, 11) is 1.98. The summed E-state index contributed by atoms with van der Waals surface area (Å²) in [6, 6.07) is 19.2. The summed E-state index contributed by atoms with van der Waals surface area (Å²) >= 11 is 1.73. The van der Waals surface area contributed by atoms with Crippen molar-refractivity contribution < 1.29 is 4.74 Å². The standard InChI is InChI=1S/C17H21NOS/c1-14(18-2)16-9-6-10-17(11-16)20-13-19-12-15-7-4-3-5-8-15/h3-11,14,18H,12-13H2,1-2H3. The molecule has 2 nitrogen and oxygen atoms in total. The van der Waals surface area contributed by atoms with Gasteiger partial charge in [0.25, 0.3) is 0 Å². The fourth-order valence-corrected chi connectivity index (χ4v) is 2.58. The van der Waals surface area contributed by atoms with Gasteiger partial charge >= 0.3 is 0 Å². The molecule has 1 unspecified atom stereocenters. The molecule has 106 valence electrons. The molecule has 20 heavy (non-hydrogen) atoms. The first kappa shape index (κ1) is 15.1. The number of thioether (sulfide) groups is 1. The van der Waals surface area contributed by atoms with Gasteiger partial charge in [-0.05, 0) is 37.2 Å². The Kier molecular flexibility index (Phi) is 6.12. The minimum absolute atomic E-state index is 0.376. The summed E-state index contributed by atoms with van der Waals surface area (Å²) in [5.74, 6) is 0.673. The van der Waals surface area contributed by atoms with E-state index in [-0.39, 0.29) is 0 Å². The van der Waals surface area contributed by atoms with Gasteiger partial charge in [-0.15, -0.1) is 0 Å². The second-order valence-electron chi connectivity index (χ2n) is 4.68. The van der Waals surface area contributed by atoms with Crippen LogP contribution in [0, 0.1) is 0 Å². The van der Waals surface area contributed by atoms with Crippen LogP contribution in [0.1, 0.15) is 24.1 Å². The normalized spacial score (nSPS) is 12.3. The molecule has 2 rings (SSSR count). The maximum absolute atomic E-state index is 5.70. The average Bonchev–Trinajstić information content (AvgIpc) is 2.52. The Morgan fingerprint density at radius 2 is 1.90 bits per heavy atom. The number of rotatable bonds is 7. The molecule has 2 aromatic carbocycles. The summed E-state index contributed by atoms with van der Waals surface area (Å²) in [6.45, 7) is 2.83. The van der Waals surface area contributed by atoms with E-state index >= 15 is 0 Å². The van der Waals surface area contributed by atoms with Crippen molar-refractivity contribution in [1.82, 2.24) is 5.32 Å². The smallest absolute Gasteiger partial charge is 0.0971 e. The third-order valence-electron chi connectivity index (χ3n) is 3.21. The van der Waals surface area contributed by atoms with Crippen molar-refractivity contribution in [2.45, 2.75) is 24.5 Å². The first-order valence-corrected chi connectivity index (χ1v) is 7.80. The van der Waals surface area contributed by atoms with Gasteiger partial charge in [0.05, 0.1) is 12.5 Å². The Morgan fingerprint density at radius 1 is 1.10 bits per heavy atom. The molecule has 0 saturated carbocycles. The van der Waals surface area contributed by atoms with Gasteiger partial charge in [0.1, 0.15) is 0 Å². The number of hydrogen-bond donors (Lipinski definition) is 1. The summed E-state index contributed by atoms with van der Waals surface area (Å²) in [6.07, 6.45) is 0. The van der Waals surface area contributed by atoms with Crippen molar-refractivity contribution in [2.75, 3.05) is 13.0 Å². The van der Waals surface area contributed by atoms with Gasteiger partial charge in [-0.25, -0.2) is 0 Å². The molecular weight excluding hydrogens is 266 g/mol. The second kappa shape index (κ2) is 8.10. The Balaban J connectivity index is 1.79. The first-order chi connectivity index (χ1) is 9.79. The van der Waals surface area contributed by atoms with Gasteiger partial charge in [0, 0.05) is 10.9 Å². The lowest BCUT2D eigenvalue weighted by atomic mass is 10.1. The van der Waals surface area contributed by atoms with Gasteiger partial charge in [0.2, 0.25) is 0 Å². The van der Waals surface area contributed by atoms with E-state index in [1.807, 2.05) is 25.2 Å². The lowest BCUT2D eigenvalue weighted by Gasteiger charge is -2.12. The lowest BCUT2D eigenvalue weighted by molar-refractivity contribution is 0.169. The molecule has 0 aromatic heterocycles. The molecule has 2 aromatic rings. The minimum atomic E-state index is 0.376. The van der Waals surface area contributed by atoms with Gasteiger partial charge < -0.3 is 10.1 Å². The SMILES string of the molecule is CNC(C)c1cccc(SCOCc2ccccc2)c1. The maximum Gasteiger partial charge on any atom is 0.0971 e. The summed E-state index contributed by atoms with van der Waals surface area (Å²) in [5.41, 5.74) is 2.52. The Morgan fingerprint density at radius 3 is 2.65 bits per heavy atom. The van der Waals surface area contributed by atoms with Crippen molar-refractivity contribution in [1.29, 1.82) is 0 Å². The molecule has 0 aliphatic rings. The molecule has 1 N–H and O–H groups in total. The van der Waals surface area contributed by atoms with Crippen LogP contribution in [0.4, 0.5) is 0 Å². The van der Waals surface area contributed by atoms with Crippen LogP contribution < -0.4 is 5.32 Å². The molecule has 0 aliphatic carbocycles. The Labute approximate surface area is 125 Å². The van der Waals surface area contributed by atoms with Crippen LogP contribution >= 0.6 is 11.8 Å². The highest BCUT2D eigenvalue weighted by Crippen LogP contribution is 2.22. The van der Waals surface area contributed by atoms with Crippen LogP contribution in [0.2, 0.25) is 0 Å². The first-order valence-electron chi connectivity index (χ1n) is 6.81. The van der Waals surface area contributed by atoms with Crippen molar-refractivity contribution in [3.63, 3.8) is 0 Å². The summed E-state index contributed by atoms with van der Waals surface area (Å²) < 4.78 is 5.70. The van der Waals surface area contributed by atoms with Gasteiger partial charge in [-0.1, -0.05) is 54.2 Å². The van der Waals surface area contributed by atoms with Gasteiger partial charge in [-0.2, -0.15) is 0 Å². The zero-order chi connectivity index (χ0) is 14.2. The molecule has 0 saturated heterocycles. The third-order valence-corrected chi connectivity index (χ3v) is 4.08. The lowest BCUT2D eigenvalue weighted by Crippen LogP contribution is -2.12. The van der Waals surface area contributed by atoms with Crippen LogP contribution in [0.25, 0.3) is 0 Å². The van der Waals surface area contributed by atoms with Crippen LogP contribution in [0.15, 0.2) is 59.5 Å². The zero-order valence-electron chi connectivity index (χ0n) is 12.0. The largest absolute Gasteiger partial charge is 0.366 e.